The number of carbonyl (C=O) groups excluding carboxylic acids is 1. The average molecular weight is 366 g/mol. The molecule has 1 aromatic rings. The van der Waals surface area contributed by atoms with Crippen LogP contribution in [0.4, 0.5) is 0 Å². The number of hydrogen-bond acceptors (Lipinski definition) is 4. The van der Waals surface area contributed by atoms with Gasteiger partial charge in [0.2, 0.25) is 10.0 Å². The second-order valence-electron chi connectivity index (χ2n) is 6.77. The van der Waals surface area contributed by atoms with E-state index in [1.165, 1.54) is 12.1 Å². The highest BCUT2D eigenvalue weighted by atomic mass is 32.2. The van der Waals surface area contributed by atoms with Crippen molar-refractivity contribution < 1.29 is 17.9 Å². The Balaban J connectivity index is 1.65. The average Bonchev–Trinajstić information content (AvgIpc) is 3.45. The fraction of sp³-hybridized carbons (Fsp3) is 0.611. The molecule has 1 saturated carbocycles. The molecular formula is C18H26N2O4S. The molecule has 0 unspecified atom stereocenters. The fourth-order valence-corrected chi connectivity index (χ4v) is 4.23. The summed E-state index contributed by atoms with van der Waals surface area (Å²) in [6.07, 6.45) is 4.02. The number of rotatable bonds is 7. The number of benzene rings is 1. The Morgan fingerprint density at radius 2 is 1.96 bits per heavy atom. The van der Waals surface area contributed by atoms with Crippen molar-refractivity contribution in [3.8, 4) is 0 Å². The predicted molar refractivity (Wildman–Crippen MR) is 94.9 cm³/mol. The van der Waals surface area contributed by atoms with Gasteiger partial charge in [0.05, 0.1) is 11.0 Å². The van der Waals surface area contributed by atoms with E-state index in [1.807, 2.05) is 6.92 Å². The number of nitrogens with zero attached hydrogens (tertiary/aromatic N) is 1. The molecule has 0 aromatic heterocycles. The first-order valence-electron chi connectivity index (χ1n) is 9.00. The Kier molecular flexibility index (Phi) is 5.76. The van der Waals surface area contributed by atoms with Crippen molar-refractivity contribution in [3.63, 3.8) is 0 Å². The third-order valence-corrected chi connectivity index (χ3v) is 6.20. The highest BCUT2D eigenvalue weighted by Gasteiger charge is 2.26. The summed E-state index contributed by atoms with van der Waals surface area (Å²) in [4.78, 5) is 14.6. The second-order valence-corrected chi connectivity index (χ2v) is 8.54. The molecule has 1 saturated heterocycles. The maximum Gasteiger partial charge on any atom is 0.253 e. The van der Waals surface area contributed by atoms with Crippen molar-refractivity contribution in [3.05, 3.63) is 29.8 Å². The first-order valence-corrected chi connectivity index (χ1v) is 10.5. The summed E-state index contributed by atoms with van der Waals surface area (Å²) in [6, 6.07) is 6.32. The Hall–Kier alpha value is -1.44. The van der Waals surface area contributed by atoms with Crippen LogP contribution in [-0.4, -0.2) is 51.6 Å². The molecule has 2 fully saturated rings. The van der Waals surface area contributed by atoms with E-state index in [0.717, 1.165) is 25.7 Å². The highest BCUT2D eigenvalue weighted by Crippen LogP contribution is 2.28. The fourth-order valence-electron chi connectivity index (χ4n) is 3.07. The number of carbonyl (C=O) groups is 1. The largest absolute Gasteiger partial charge is 0.378 e. The van der Waals surface area contributed by atoms with E-state index in [0.29, 0.717) is 37.7 Å². The van der Waals surface area contributed by atoms with Crippen molar-refractivity contribution in [2.24, 2.45) is 5.92 Å². The molecule has 7 heteroatoms. The van der Waals surface area contributed by atoms with Gasteiger partial charge in [0.25, 0.3) is 5.91 Å². The van der Waals surface area contributed by atoms with E-state index >= 15 is 0 Å². The van der Waals surface area contributed by atoms with Crippen molar-refractivity contribution in [1.82, 2.24) is 9.62 Å². The first kappa shape index (κ1) is 18.4. The van der Waals surface area contributed by atoms with Gasteiger partial charge in [0, 0.05) is 31.8 Å². The minimum atomic E-state index is -3.56. The Morgan fingerprint density at radius 3 is 2.60 bits per heavy atom. The molecule has 3 rings (SSSR count). The summed E-state index contributed by atoms with van der Waals surface area (Å²) < 4.78 is 33.0. The number of amides is 1. The first-order chi connectivity index (χ1) is 12.0. The number of piperidine rings is 1. The quantitative estimate of drug-likeness (QED) is 0.801. The van der Waals surface area contributed by atoms with Crippen LogP contribution in [0.2, 0.25) is 0 Å². The maximum atomic E-state index is 12.7. The molecule has 2 aliphatic rings. The SMILES string of the molecule is CCOC1CCN(C(=O)c2cccc(S(=O)(=O)NCC3CC3)c2)CC1. The molecule has 1 N–H and O–H groups in total. The molecule has 0 bridgehead atoms. The third-order valence-electron chi connectivity index (χ3n) is 4.78. The van der Waals surface area contributed by atoms with Crippen molar-refractivity contribution in [2.45, 2.75) is 43.6 Å². The molecule has 1 heterocycles. The maximum absolute atomic E-state index is 12.7. The lowest BCUT2D eigenvalue weighted by molar-refractivity contribution is 0.0146. The molecule has 6 nitrogen and oxygen atoms in total. The van der Waals surface area contributed by atoms with Gasteiger partial charge in [-0.1, -0.05) is 6.07 Å². The van der Waals surface area contributed by atoms with Gasteiger partial charge in [-0.3, -0.25) is 4.79 Å². The molecule has 0 atom stereocenters. The zero-order valence-corrected chi connectivity index (χ0v) is 15.4. The number of sulfonamides is 1. The summed E-state index contributed by atoms with van der Waals surface area (Å²) in [5.41, 5.74) is 0.421. The molecule has 0 radical (unpaired) electrons. The van der Waals surface area contributed by atoms with E-state index in [9.17, 15) is 13.2 Å². The lowest BCUT2D eigenvalue weighted by Crippen LogP contribution is -2.41. The van der Waals surface area contributed by atoms with Crippen LogP contribution in [0.1, 0.15) is 43.0 Å². The zero-order valence-electron chi connectivity index (χ0n) is 14.6. The number of likely N-dealkylation sites (tertiary alicyclic amines) is 1. The van der Waals surface area contributed by atoms with Gasteiger partial charge >= 0.3 is 0 Å². The molecule has 1 amide bonds. The van der Waals surface area contributed by atoms with Crippen LogP contribution in [0, 0.1) is 5.92 Å². The predicted octanol–water partition coefficient (Wildman–Crippen LogP) is 2.02. The molecule has 25 heavy (non-hydrogen) atoms. The monoisotopic (exact) mass is 366 g/mol. The van der Waals surface area contributed by atoms with Crippen LogP contribution in [0.25, 0.3) is 0 Å². The van der Waals surface area contributed by atoms with Gasteiger partial charge < -0.3 is 9.64 Å². The summed E-state index contributed by atoms with van der Waals surface area (Å²) in [5, 5.41) is 0. The molecule has 1 aromatic carbocycles. The second kappa shape index (κ2) is 7.85. The van der Waals surface area contributed by atoms with Crippen LogP contribution in [0.5, 0.6) is 0 Å². The summed E-state index contributed by atoms with van der Waals surface area (Å²) in [5.74, 6) is 0.348. The molecule has 138 valence electrons. The van der Waals surface area contributed by atoms with Gasteiger partial charge in [-0.2, -0.15) is 0 Å². The summed E-state index contributed by atoms with van der Waals surface area (Å²) in [6.45, 7) is 4.42. The third kappa shape index (κ3) is 4.80. The van der Waals surface area contributed by atoms with Gasteiger partial charge in [-0.25, -0.2) is 13.1 Å². The standard InChI is InChI=1S/C18H26N2O4S/c1-2-24-16-8-10-20(11-9-16)18(21)15-4-3-5-17(12-15)25(22,23)19-13-14-6-7-14/h3-5,12,14,16,19H,2,6-11,13H2,1H3. The van der Waals surface area contributed by atoms with E-state index in [-0.39, 0.29) is 16.9 Å². The van der Waals surface area contributed by atoms with Gasteiger partial charge in [0.1, 0.15) is 0 Å². The van der Waals surface area contributed by atoms with Crippen LogP contribution in [0.15, 0.2) is 29.2 Å². The van der Waals surface area contributed by atoms with Crippen LogP contribution >= 0.6 is 0 Å². The smallest absolute Gasteiger partial charge is 0.253 e. The Labute approximate surface area is 149 Å². The Morgan fingerprint density at radius 1 is 1.24 bits per heavy atom. The zero-order chi connectivity index (χ0) is 17.9. The molecular weight excluding hydrogens is 340 g/mol. The molecule has 1 aliphatic carbocycles. The van der Waals surface area contributed by atoms with Gasteiger partial charge in [-0.15, -0.1) is 0 Å². The molecule has 0 spiro atoms. The topological polar surface area (TPSA) is 75.7 Å². The van der Waals surface area contributed by atoms with E-state index < -0.39 is 10.0 Å². The normalized spacial score (nSPS) is 19.2. The highest BCUT2D eigenvalue weighted by molar-refractivity contribution is 7.89. The minimum absolute atomic E-state index is 0.116. The van der Waals surface area contributed by atoms with Crippen LogP contribution in [0.3, 0.4) is 0 Å². The van der Waals surface area contributed by atoms with Gasteiger partial charge in [-0.05, 0) is 56.7 Å². The van der Waals surface area contributed by atoms with Crippen molar-refractivity contribution in [2.75, 3.05) is 26.2 Å². The van der Waals surface area contributed by atoms with E-state index in [1.54, 1.807) is 17.0 Å². The minimum Gasteiger partial charge on any atom is -0.378 e. The number of hydrogen-bond donors (Lipinski definition) is 1. The molecule has 1 aliphatic heterocycles. The Bertz CT molecular complexity index is 708. The van der Waals surface area contributed by atoms with Crippen LogP contribution < -0.4 is 4.72 Å². The van der Waals surface area contributed by atoms with Crippen molar-refractivity contribution in [1.29, 1.82) is 0 Å². The summed E-state index contributed by atoms with van der Waals surface area (Å²) >= 11 is 0. The number of nitrogens with one attached hydrogen (secondary N) is 1. The van der Waals surface area contributed by atoms with Crippen molar-refractivity contribution >= 4 is 15.9 Å². The van der Waals surface area contributed by atoms with Gasteiger partial charge in [0.15, 0.2) is 0 Å². The number of ether oxygens (including phenoxy) is 1. The van der Waals surface area contributed by atoms with E-state index in [2.05, 4.69) is 4.72 Å². The summed E-state index contributed by atoms with van der Waals surface area (Å²) in [7, 11) is -3.56. The van der Waals surface area contributed by atoms with E-state index in [4.69, 9.17) is 4.74 Å². The lowest BCUT2D eigenvalue weighted by atomic mass is 10.1. The van der Waals surface area contributed by atoms with Crippen LogP contribution in [-0.2, 0) is 14.8 Å². The lowest BCUT2D eigenvalue weighted by Gasteiger charge is -2.31.